The molecular weight excluding hydrogens is 480 g/mol. The molecule has 2 aromatic carbocycles. The van der Waals surface area contributed by atoms with Crippen LogP contribution in [0.5, 0.6) is 0 Å². The van der Waals surface area contributed by atoms with Crippen LogP contribution in [-0.4, -0.2) is 20.1 Å². The smallest absolute Gasteiger partial charge is 0.143 e. The third-order valence-electron chi connectivity index (χ3n) is 8.06. The zero-order valence-electron chi connectivity index (χ0n) is 21.9. The minimum Gasteiger partial charge on any atom is -0.343 e. The van der Waals surface area contributed by atoms with Crippen molar-refractivity contribution in [2.45, 2.75) is 53.4 Å². The summed E-state index contributed by atoms with van der Waals surface area (Å²) in [6, 6.07) is 16.6. The molecule has 1 aliphatic heterocycles. The molecule has 0 spiro atoms. The van der Waals surface area contributed by atoms with E-state index in [0.717, 1.165) is 52.0 Å². The van der Waals surface area contributed by atoms with E-state index in [-0.39, 0.29) is 17.6 Å². The van der Waals surface area contributed by atoms with Crippen LogP contribution >= 0.6 is 11.6 Å². The number of halogens is 1. The van der Waals surface area contributed by atoms with Gasteiger partial charge in [-0.25, -0.2) is 4.68 Å². The van der Waals surface area contributed by atoms with Gasteiger partial charge in [-0.1, -0.05) is 29.8 Å². The Hall–Kier alpha value is -3.57. The summed E-state index contributed by atoms with van der Waals surface area (Å²) in [5, 5.41) is 9.23. The second-order valence-electron chi connectivity index (χ2n) is 10.4. The van der Waals surface area contributed by atoms with Crippen molar-refractivity contribution < 1.29 is 4.79 Å². The van der Waals surface area contributed by atoms with E-state index in [0.29, 0.717) is 11.4 Å². The Morgan fingerprint density at radius 2 is 1.76 bits per heavy atom. The summed E-state index contributed by atoms with van der Waals surface area (Å²) < 4.78 is 4.25. The molecule has 2 aliphatic rings. The summed E-state index contributed by atoms with van der Waals surface area (Å²) in [7, 11) is 0. The maximum atomic E-state index is 13.5. The normalized spacial score (nSPS) is 18.8. The van der Waals surface area contributed by atoms with Gasteiger partial charge in [0.15, 0.2) is 0 Å². The molecule has 4 aromatic rings. The molecule has 37 heavy (non-hydrogen) atoms. The van der Waals surface area contributed by atoms with Crippen LogP contribution in [0.15, 0.2) is 60.3 Å². The first-order valence-electron chi connectivity index (χ1n) is 12.9. The average Bonchev–Trinajstić information content (AvgIpc) is 3.35. The molecule has 0 saturated carbocycles. The van der Waals surface area contributed by atoms with Gasteiger partial charge in [0, 0.05) is 45.7 Å². The topological polar surface area (TPSA) is 51.9 Å². The second kappa shape index (κ2) is 8.77. The molecule has 2 atom stereocenters. The number of benzene rings is 2. The molecule has 2 aromatic heterocycles. The van der Waals surface area contributed by atoms with Crippen molar-refractivity contribution in [3.63, 3.8) is 0 Å². The average molecular weight is 511 g/mol. The van der Waals surface area contributed by atoms with Crippen LogP contribution in [0.25, 0.3) is 11.4 Å². The van der Waals surface area contributed by atoms with Crippen molar-refractivity contribution >= 4 is 23.2 Å². The van der Waals surface area contributed by atoms with Crippen LogP contribution < -0.4 is 5.32 Å². The first-order valence-corrected chi connectivity index (χ1v) is 13.2. The zero-order valence-corrected chi connectivity index (χ0v) is 22.6. The molecule has 0 saturated heterocycles. The van der Waals surface area contributed by atoms with E-state index in [1.165, 1.54) is 16.7 Å². The monoisotopic (exact) mass is 510 g/mol. The molecule has 6 heteroatoms. The highest BCUT2D eigenvalue weighted by Crippen LogP contribution is 2.50. The molecular formula is C31H31ClN4O. The quantitative estimate of drug-likeness (QED) is 0.315. The summed E-state index contributed by atoms with van der Waals surface area (Å²) in [6.45, 7) is 10.7. The number of hydrogen-bond acceptors (Lipinski definition) is 3. The van der Waals surface area contributed by atoms with E-state index in [1.54, 1.807) is 0 Å². The lowest BCUT2D eigenvalue weighted by atomic mass is 9.71. The lowest BCUT2D eigenvalue weighted by molar-refractivity contribution is -0.122. The fraction of sp³-hybridized carbons (Fsp3) is 0.290. The summed E-state index contributed by atoms with van der Waals surface area (Å²) in [5.74, 6) is 0.838. The molecule has 0 bridgehead atoms. The van der Waals surface area contributed by atoms with Gasteiger partial charge >= 0.3 is 0 Å². The number of aromatic nitrogens is 3. The van der Waals surface area contributed by atoms with Crippen LogP contribution in [0, 0.1) is 40.5 Å². The number of nitrogens with zero attached hydrogens (tertiary/aromatic N) is 3. The number of Topliss-reactive ketones (excluding diaryl/α,β-unsaturated/α-hetero) is 1. The van der Waals surface area contributed by atoms with Gasteiger partial charge in [-0.2, -0.15) is 5.10 Å². The maximum Gasteiger partial charge on any atom is 0.143 e. The molecule has 5 nitrogen and oxygen atoms in total. The Kier molecular flexibility index (Phi) is 5.64. The van der Waals surface area contributed by atoms with Gasteiger partial charge in [-0.3, -0.25) is 4.79 Å². The number of carbonyl (C=O) groups is 1. The highest BCUT2D eigenvalue weighted by Gasteiger charge is 2.44. The molecule has 0 amide bonds. The van der Waals surface area contributed by atoms with Gasteiger partial charge < -0.3 is 9.88 Å². The van der Waals surface area contributed by atoms with Crippen molar-refractivity contribution in [2.75, 3.05) is 5.32 Å². The van der Waals surface area contributed by atoms with Crippen molar-refractivity contribution in [3.8, 4) is 11.4 Å². The van der Waals surface area contributed by atoms with Gasteiger partial charge in [0.1, 0.15) is 11.6 Å². The van der Waals surface area contributed by atoms with Crippen molar-refractivity contribution in [1.29, 1.82) is 0 Å². The van der Waals surface area contributed by atoms with Crippen LogP contribution in [0.4, 0.5) is 5.82 Å². The SMILES string of the molecule is Cc1ccc(-n2c(C)cc([C@H]3c4c(C)nn(-c5cccc(Cl)c5)c4NC4=CCCC(=O)[C@@H]43)c2C)cc1C. The minimum absolute atomic E-state index is 0.116. The number of hydrogen-bond donors (Lipinski definition) is 1. The van der Waals surface area contributed by atoms with Crippen LogP contribution in [0.1, 0.15) is 58.1 Å². The van der Waals surface area contributed by atoms with Gasteiger partial charge in [0.2, 0.25) is 0 Å². The maximum absolute atomic E-state index is 13.5. The molecule has 0 radical (unpaired) electrons. The lowest BCUT2D eigenvalue weighted by Crippen LogP contribution is -2.35. The van der Waals surface area contributed by atoms with E-state index >= 15 is 0 Å². The van der Waals surface area contributed by atoms with Gasteiger partial charge in [-0.05, 0) is 94.1 Å². The Labute approximate surface area is 222 Å². The molecule has 188 valence electrons. The number of fused-ring (bicyclic) bond motifs is 2. The molecule has 6 rings (SSSR count). The van der Waals surface area contributed by atoms with Crippen LogP contribution in [0.3, 0.4) is 0 Å². The third-order valence-corrected chi connectivity index (χ3v) is 8.29. The summed E-state index contributed by atoms with van der Waals surface area (Å²) in [6.07, 6.45) is 3.51. The number of carbonyl (C=O) groups excluding carboxylic acids is 1. The first kappa shape index (κ1) is 23.8. The standard InChI is InChI=1S/C31H31ClN4O/c1-17-12-13-23(14-18(17)2)35-19(3)15-25(21(35)5)29-28-20(4)34-36(24-9-6-8-22(32)16-24)31(28)33-26-10-7-11-27(37)30(26)29/h6,8-10,12-16,29-30,33H,7,11H2,1-5H3/t29-,30+/m0/s1. The zero-order chi connectivity index (χ0) is 26.0. The number of aryl methyl sites for hydroxylation is 4. The van der Waals surface area contributed by atoms with E-state index < -0.39 is 0 Å². The number of rotatable bonds is 3. The van der Waals surface area contributed by atoms with Crippen molar-refractivity contribution in [2.24, 2.45) is 5.92 Å². The van der Waals surface area contributed by atoms with Gasteiger partial charge in [0.05, 0.1) is 17.3 Å². The number of allylic oxidation sites excluding steroid dienone is 2. The molecule has 3 heterocycles. The van der Waals surface area contributed by atoms with Crippen LogP contribution in [0.2, 0.25) is 5.02 Å². The molecule has 1 aliphatic carbocycles. The Morgan fingerprint density at radius 3 is 2.51 bits per heavy atom. The van der Waals surface area contributed by atoms with E-state index in [4.69, 9.17) is 16.7 Å². The summed E-state index contributed by atoms with van der Waals surface area (Å²) in [4.78, 5) is 13.5. The number of ketones is 1. The van der Waals surface area contributed by atoms with Crippen LogP contribution in [-0.2, 0) is 4.79 Å². The van der Waals surface area contributed by atoms with Gasteiger partial charge in [-0.15, -0.1) is 0 Å². The predicted octanol–water partition coefficient (Wildman–Crippen LogP) is 7.28. The summed E-state index contributed by atoms with van der Waals surface area (Å²) >= 11 is 6.34. The molecule has 1 N–H and O–H groups in total. The molecule has 0 unspecified atom stereocenters. The second-order valence-corrected chi connectivity index (χ2v) is 10.9. The Bertz CT molecular complexity index is 1610. The summed E-state index contributed by atoms with van der Waals surface area (Å²) in [5.41, 5.74) is 11.1. The van der Waals surface area contributed by atoms with E-state index in [1.807, 2.05) is 35.9 Å². The first-order chi connectivity index (χ1) is 17.7. The fourth-order valence-corrected chi connectivity index (χ4v) is 6.33. The minimum atomic E-state index is -0.245. The number of anilines is 1. The lowest BCUT2D eigenvalue weighted by Gasteiger charge is -2.36. The van der Waals surface area contributed by atoms with Gasteiger partial charge in [0.25, 0.3) is 0 Å². The van der Waals surface area contributed by atoms with E-state index in [2.05, 4.69) is 67.9 Å². The predicted molar refractivity (Wildman–Crippen MR) is 149 cm³/mol. The third kappa shape index (κ3) is 3.75. The highest BCUT2D eigenvalue weighted by atomic mass is 35.5. The Balaban J connectivity index is 1.58. The largest absolute Gasteiger partial charge is 0.343 e. The van der Waals surface area contributed by atoms with Crippen molar-refractivity contribution in [1.82, 2.24) is 14.3 Å². The Morgan fingerprint density at radius 1 is 0.946 bits per heavy atom. The van der Waals surface area contributed by atoms with Crippen molar-refractivity contribution in [3.05, 3.63) is 105 Å². The highest BCUT2D eigenvalue weighted by molar-refractivity contribution is 6.30. The van der Waals surface area contributed by atoms with E-state index in [9.17, 15) is 4.79 Å². The fourth-order valence-electron chi connectivity index (χ4n) is 6.15. The number of nitrogens with one attached hydrogen (secondary N) is 1. The molecule has 0 fully saturated rings.